The molecule has 10 heteroatoms. The molecule has 2 atom stereocenters. The number of benzene rings is 1. The molecule has 1 aliphatic rings. The molecular weight excluding hydrogens is 380 g/mol. The first kappa shape index (κ1) is 18.6. The van der Waals surface area contributed by atoms with E-state index in [1.54, 1.807) is 6.20 Å². The van der Waals surface area contributed by atoms with E-state index in [0.717, 1.165) is 6.07 Å². The van der Waals surface area contributed by atoms with Gasteiger partial charge in [-0.2, -0.15) is 18.3 Å². The van der Waals surface area contributed by atoms with Crippen LogP contribution in [0.4, 0.5) is 17.6 Å². The van der Waals surface area contributed by atoms with E-state index in [1.165, 1.54) is 17.8 Å². The molecule has 0 radical (unpaired) electrons. The third-order valence-electron chi connectivity index (χ3n) is 4.74. The summed E-state index contributed by atoms with van der Waals surface area (Å²) in [5.74, 6) is -0.548. The third-order valence-corrected chi connectivity index (χ3v) is 4.74. The summed E-state index contributed by atoms with van der Waals surface area (Å²) in [4.78, 5) is 8.53. The number of rotatable bonds is 2. The number of hydrogen-bond donors (Lipinski definition) is 1. The molecule has 0 bridgehead atoms. The number of aromatic nitrogens is 4. The number of ether oxygens (including phenoxy) is 1. The van der Waals surface area contributed by atoms with Crippen molar-refractivity contribution >= 4 is 11.2 Å². The molecule has 2 aromatic heterocycles. The Morgan fingerprint density at radius 2 is 2.07 bits per heavy atom. The second-order valence-electron chi connectivity index (χ2n) is 6.71. The van der Waals surface area contributed by atoms with Crippen LogP contribution in [-0.2, 0) is 10.9 Å². The van der Waals surface area contributed by atoms with E-state index in [9.17, 15) is 22.7 Å². The fourth-order valence-electron chi connectivity index (χ4n) is 3.36. The predicted octanol–water partition coefficient (Wildman–Crippen LogP) is 3.83. The van der Waals surface area contributed by atoms with Gasteiger partial charge in [-0.15, -0.1) is 0 Å². The number of fused-ring (bicyclic) bond motifs is 1. The van der Waals surface area contributed by atoms with E-state index in [0.29, 0.717) is 24.6 Å². The normalized spacial score (nSPS) is 20.6. The number of hydrogen-bond acceptors (Lipinski definition) is 5. The van der Waals surface area contributed by atoms with Gasteiger partial charge in [-0.05, 0) is 31.0 Å². The van der Waals surface area contributed by atoms with E-state index in [1.807, 2.05) is 0 Å². The van der Waals surface area contributed by atoms with Gasteiger partial charge in [0.15, 0.2) is 5.65 Å². The van der Waals surface area contributed by atoms with Crippen LogP contribution in [0.2, 0.25) is 0 Å². The van der Waals surface area contributed by atoms with Crippen molar-refractivity contribution in [3.05, 3.63) is 35.7 Å². The first-order valence-electron chi connectivity index (χ1n) is 8.59. The van der Waals surface area contributed by atoms with Crippen molar-refractivity contribution < 1.29 is 27.4 Å². The Balaban J connectivity index is 1.74. The largest absolute Gasteiger partial charge is 0.507 e. The zero-order valence-electron chi connectivity index (χ0n) is 14.7. The Morgan fingerprint density at radius 1 is 1.29 bits per heavy atom. The minimum Gasteiger partial charge on any atom is -0.507 e. The second kappa shape index (κ2) is 6.69. The first-order valence-corrected chi connectivity index (χ1v) is 8.59. The van der Waals surface area contributed by atoms with Gasteiger partial charge in [0.05, 0.1) is 36.3 Å². The summed E-state index contributed by atoms with van der Waals surface area (Å²) in [5.41, 5.74) is 0.227. The highest BCUT2D eigenvalue weighted by atomic mass is 19.4. The van der Waals surface area contributed by atoms with Gasteiger partial charge >= 0.3 is 6.18 Å². The summed E-state index contributed by atoms with van der Waals surface area (Å²) in [6.45, 7) is 1.86. The number of phenols is 1. The average Bonchev–Trinajstić information content (AvgIpc) is 3.04. The van der Waals surface area contributed by atoms with Crippen molar-refractivity contribution in [1.29, 1.82) is 0 Å². The molecule has 4 rings (SSSR count). The lowest BCUT2D eigenvalue weighted by atomic mass is 10.0. The van der Waals surface area contributed by atoms with E-state index in [2.05, 4.69) is 15.1 Å². The van der Waals surface area contributed by atoms with Gasteiger partial charge in [0.25, 0.3) is 0 Å². The van der Waals surface area contributed by atoms with Gasteiger partial charge < -0.3 is 9.84 Å². The van der Waals surface area contributed by atoms with Crippen molar-refractivity contribution in [2.24, 2.45) is 0 Å². The molecule has 0 aliphatic carbocycles. The number of aromatic hydroxyl groups is 1. The maximum Gasteiger partial charge on any atom is 0.416 e. The number of phenolic OH excluding ortho intramolecular Hbond substituents is 1. The molecule has 6 nitrogen and oxygen atoms in total. The molecule has 0 saturated carbocycles. The van der Waals surface area contributed by atoms with Crippen LogP contribution >= 0.6 is 0 Å². The molecule has 28 heavy (non-hydrogen) atoms. The van der Waals surface area contributed by atoms with Gasteiger partial charge in [-0.3, -0.25) is 4.68 Å². The molecule has 3 heterocycles. The van der Waals surface area contributed by atoms with Gasteiger partial charge in [0, 0.05) is 12.2 Å². The van der Waals surface area contributed by atoms with E-state index in [4.69, 9.17) is 4.74 Å². The maximum absolute atomic E-state index is 14.1. The lowest BCUT2D eigenvalue weighted by Gasteiger charge is -2.25. The highest BCUT2D eigenvalue weighted by Gasteiger charge is 2.32. The fraction of sp³-hybridized carbons (Fsp3) is 0.389. The number of alkyl halides is 4. The number of nitrogens with zero attached hydrogens (tertiary/aromatic N) is 4. The summed E-state index contributed by atoms with van der Waals surface area (Å²) in [6, 6.07) is 1.10. The van der Waals surface area contributed by atoms with Gasteiger partial charge in [0.2, 0.25) is 0 Å². The van der Waals surface area contributed by atoms with Crippen LogP contribution in [-0.4, -0.2) is 44.2 Å². The summed E-state index contributed by atoms with van der Waals surface area (Å²) in [5, 5.41) is 14.4. The smallest absolute Gasteiger partial charge is 0.416 e. The first-order chi connectivity index (χ1) is 13.2. The summed E-state index contributed by atoms with van der Waals surface area (Å²) in [7, 11) is 0. The summed E-state index contributed by atoms with van der Waals surface area (Å²) < 4.78 is 59.4. The van der Waals surface area contributed by atoms with Crippen LogP contribution in [0.15, 0.2) is 24.5 Å². The van der Waals surface area contributed by atoms with Crippen LogP contribution in [0, 0.1) is 6.92 Å². The Labute approximate surface area is 156 Å². The molecule has 0 amide bonds. The van der Waals surface area contributed by atoms with Crippen molar-refractivity contribution in [2.45, 2.75) is 31.7 Å². The van der Waals surface area contributed by atoms with E-state index < -0.39 is 29.7 Å². The van der Waals surface area contributed by atoms with Gasteiger partial charge in [0.1, 0.15) is 17.4 Å². The molecule has 1 aromatic carbocycles. The second-order valence-corrected chi connectivity index (χ2v) is 6.71. The molecule has 1 fully saturated rings. The van der Waals surface area contributed by atoms with Crippen molar-refractivity contribution in [3.8, 4) is 17.0 Å². The minimum atomic E-state index is -4.57. The lowest BCUT2D eigenvalue weighted by molar-refractivity contribution is -0.137. The van der Waals surface area contributed by atoms with E-state index >= 15 is 0 Å². The van der Waals surface area contributed by atoms with Crippen LogP contribution < -0.4 is 0 Å². The molecule has 3 aromatic rings. The average molecular weight is 396 g/mol. The molecule has 1 saturated heterocycles. The Morgan fingerprint density at radius 3 is 2.75 bits per heavy atom. The van der Waals surface area contributed by atoms with Gasteiger partial charge in [-0.1, -0.05) is 0 Å². The quantitative estimate of drug-likeness (QED) is 0.667. The number of halogens is 4. The Bertz CT molecular complexity index is 1010. The minimum absolute atomic E-state index is 0.00833. The summed E-state index contributed by atoms with van der Waals surface area (Å²) in [6.07, 6.45) is -2.39. The lowest BCUT2D eigenvalue weighted by Crippen LogP contribution is -2.31. The Kier molecular flexibility index (Phi) is 4.45. The molecule has 0 unspecified atom stereocenters. The molecule has 148 valence electrons. The molecule has 0 spiro atoms. The van der Waals surface area contributed by atoms with Crippen LogP contribution in [0.5, 0.6) is 5.75 Å². The third kappa shape index (κ3) is 3.28. The SMILES string of the molecule is Cc1cc(C(F)(F)F)cc(O)c1-c1cnc2cn([C@H]3CCOC[C@H]3F)nc2n1. The molecule has 1 aliphatic heterocycles. The topological polar surface area (TPSA) is 73.1 Å². The maximum atomic E-state index is 14.1. The Hall–Kier alpha value is -2.75. The van der Waals surface area contributed by atoms with Crippen LogP contribution in [0.25, 0.3) is 22.4 Å². The molecular formula is C18H16F4N4O2. The van der Waals surface area contributed by atoms with E-state index in [-0.39, 0.29) is 29.1 Å². The zero-order chi connectivity index (χ0) is 20.1. The fourth-order valence-corrected chi connectivity index (χ4v) is 3.36. The van der Waals surface area contributed by atoms with Gasteiger partial charge in [-0.25, -0.2) is 14.4 Å². The highest BCUT2D eigenvalue weighted by Crippen LogP contribution is 2.38. The van der Waals surface area contributed by atoms with Crippen molar-refractivity contribution in [3.63, 3.8) is 0 Å². The van der Waals surface area contributed by atoms with Crippen LogP contribution in [0.3, 0.4) is 0 Å². The predicted molar refractivity (Wildman–Crippen MR) is 91.5 cm³/mol. The zero-order valence-corrected chi connectivity index (χ0v) is 14.7. The monoisotopic (exact) mass is 396 g/mol. The number of aryl methyl sites for hydroxylation is 1. The molecule has 1 N–H and O–H groups in total. The van der Waals surface area contributed by atoms with Crippen molar-refractivity contribution in [2.75, 3.05) is 13.2 Å². The van der Waals surface area contributed by atoms with Crippen LogP contribution in [0.1, 0.15) is 23.6 Å². The highest BCUT2D eigenvalue weighted by molar-refractivity contribution is 5.77. The summed E-state index contributed by atoms with van der Waals surface area (Å²) >= 11 is 0. The van der Waals surface area contributed by atoms with Crippen molar-refractivity contribution in [1.82, 2.24) is 19.7 Å². The standard InChI is InChI=1S/C18H16F4N4O2/c1-9-4-10(18(20,21)22)5-15(27)16(9)12-6-23-13-7-26(25-17(13)24-12)14-2-3-28-8-11(14)19/h4-7,11,14,27H,2-3,8H2,1H3/t11-,14+/m1/s1.